The van der Waals surface area contributed by atoms with E-state index in [1.807, 2.05) is 11.3 Å². The van der Waals surface area contributed by atoms with E-state index in [-0.39, 0.29) is 0 Å². The van der Waals surface area contributed by atoms with Crippen LogP contribution < -0.4 is 5.32 Å². The van der Waals surface area contributed by atoms with Crippen LogP contribution in [0.5, 0.6) is 0 Å². The van der Waals surface area contributed by atoms with Gasteiger partial charge in [-0.3, -0.25) is 0 Å². The van der Waals surface area contributed by atoms with Crippen molar-refractivity contribution in [3.63, 3.8) is 0 Å². The fourth-order valence-electron chi connectivity index (χ4n) is 2.62. The van der Waals surface area contributed by atoms with Gasteiger partial charge in [0.1, 0.15) is 0 Å². The highest BCUT2D eigenvalue weighted by Crippen LogP contribution is 2.26. The summed E-state index contributed by atoms with van der Waals surface area (Å²) in [7, 11) is 0. The molecule has 0 aliphatic heterocycles. The molecule has 2 heteroatoms. The van der Waals surface area contributed by atoms with E-state index in [4.69, 9.17) is 0 Å². The fraction of sp³-hybridized carbons (Fsp3) is 0.714. The van der Waals surface area contributed by atoms with Crippen molar-refractivity contribution in [1.82, 2.24) is 5.32 Å². The molecule has 1 aliphatic rings. The second-order valence-corrected chi connectivity index (χ2v) is 5.96. The first kappa shape index (κ1) is 12.1. The Bertz CT molecular complexity index is 275. The monoisotopic (exact) mass is 237 g/mol. The van der Waals surface area contributed by atoms with Gasteiger partial charge in [-0.25, -0.2) is 0 Å². The molecule has 1 aromatic rings. The largest absolute Gasteiger partial charge is 0.309 e. The maximum absolute atomic E-state index is 3.64. The molecule has 90 valence electrons. The molecule has 0 radical (unpaired) electrons. The highest BCUT2D eigenvalue weighted by molar-refractivity contribution is 7.10. The molecule has 16 heavy (non-hydrogen) atoms. The van der Waals surface area contributed by atoms with Crippen LogP contribution >= 0.6 is 11.3 Å². The first-order chi connectivity index (χ1) is 7.86. The fourth-order valence-corrected chi connectivity index (χ4v) is 3.38. The first-order valence-electron chi connectivity index (χ1n) is 6.63. The van der Waals surface area contributed by atoms with Gasteiger partial charge in [0.05, 0.1) is 0 Å². The van der Waals surface area contributed by atoms with E-state index in [0.29, 0.717) is 6.04 Å². The van der Waals surface area contributed by atoms with Crippen molar-refractivity contribution in [3.8, 4) is 0 Å². The Morgan fingerprint density at radius 2 is 2.19 bits per heavy atom. The van der Waals surface area contributed by atoms with Crippen molar-refractivity contribution in [2.24, 2.45) is 5.92 Å². The standard InChI is InChI=1S/C14H23NS/c1-12(14-8-5-11-16-14)15-10-9-13-6-3-2-4-7-13/h5,8,11-13,15H,2-4,6-7,9-10H2,1H3/t12-/m0/s1. The molecule has 1 heterocycles. The lowest BCUT2D eigenvalue weighted by Gasteiger charge is -2.22. The Morgan fingerprint density at radius 1 is 1.38 bits per heavy atom. The molecule has 1 aliphatic carbocycles. The molecular weight excluding hydrogens is 214 g/mol. The van der Waals surface area contributed by atoms with Gasteiger partial charge in [0.2, 0.25) is 0 Å². The van der Waals surface area contributed by atoms with Crippen molar-refractivity contribution in [2.45, 2.75) is 51.5 Å². The minimum Gasteiger partial charge on any atom is -0.309 e. The van der Waals surface area contributed by atoms with E-state index in [1.54, 1.807) is 0 Å². The average molecular weight is 237 g/mol. The van der Waals surface area contributed by atoms with E-state index < -0.39 is 0 Å². The third-order valence-corrected chi connectivity index (χ3v) is 4.75. The van der Waals surface area contributed by atoms with Crippen LogP contribution in [-0.2, 0) is 0 Å². The minimum atomic E-state index is 0.531. The normalized spacial score (nSPS) is 19.8. The van der Waals surface area contributed by atoms with Crippen LogP contribution in [0.1, 0.15) is 56.4 Å². The van der Waals surface area contributed by atoms with Crippen molar-refractivity contribution >= 4 is 11.3 Å². The summed E-state index contributed by atoms with van der Waals surface area (Å²) in [4.78, 5) is 1.46. The third kappa shape index (κ3) is 3.60. The molecule has 2 rings (SSSR count). The lowest BCUT2D eigenvalue weighted by atomic mass is 9.87. The summed E-state index contributed by atoms with van der Waals surface area (Å²) >= 11 is 1.85. The van der Waals surface area contributed by atoms with Crippen molar-refractivity contribution in [3.05, 3.63) is 22.4 Å². The van der Waals surface area contributed by atoms with E-state index in [9.17, 15) is 0 Å². The van der Waals surface area contributed by atoms with E-state index in [1.165, 1.54) is 49.9 Å². The smallest absolute Gasteiger partial charge is 0.0386 e. The number of hydrogen-bond donors (Lipinski definition) is 1. The Morgan fingerprint density at radius 3 is 2.88 bits per heavy atom. The van der Waals surface area contributed by atoms with Gasteiger partial charge in [-0.15, -0.1) is 11.3 Å². The summed E-state index contributed by atoms with van der Waals surface area (Å²) in [5, 5.41) is 5.80. The summed E-state index contributed by atoms with van der Waals surface area (Å²) in [6.07, 6.45) is 8.70. The zero-order chi connectivity index (χ0) is 11.2. The van der Waals surface area contributed by atoms with Crippen molar-refractivity contribution in [1.29, 1.82) is 0 Å². The van der Waals surface area contributed by atoms with Gasteiger partial charge in [0.25, 0.3) is 0 Å². The van der Waals surface area contributed by atoms with Crippen LogP contribution in [0, 0.1) is 5.92 Å². The molecule has 0 spiro atoms. The predicted octanol–water partition coefficient (Wildman–Crippen LogP) is 4.37. The summed E-state index contributed by atoms with van der Waals surface area (Å²) in [6, 6.07) is 4.89. The Hall–Kier alpha value is -0.340. The topological polar surface area (TPSA) is 12.0 Å². The van der Waals surface area contributed by atoms with Crippen LogP contribution in [0.3, 0.4) is 0 Å². The maximum Gasteiger partial charge on any atom is 0.0386 e. The molecule has 0 bridgehead atoms. The zero-order valence-electron chi connectivity index (χ0n) is 10.2. The Balaban J connectivity index is 1.63. The summed E-state index contributed by atoms with van der Waals surface area (Å²) in [5.41, 5.74) is 0. The second kappa shape index (κ2) is 6.41. The zero-order valence-corrected chi connectivity index (χ0v) is 11.1. The first-order valence-corrected chi connectivity index (χ1v) is 7.51. The van der Waals surface area contributed by atoms with E-state index >= 15 is 0 Å². The summed E-state index contributed by atoms with van der Waals surface area (Å²) in [6.45, 7) is 3.45. The molecule has 1 saturated carbocycles. The summed E-state index contributed by atoms with van der Waals surface area (Å²) < 4.78 is 0. The van der Waals surface area contributed by atoms with Crippen LogP contribution in [0.4, 0.5) is 0 Å². The van der Waals surface area contributed by atoms with Gasteiger partial charge < -0.3 is 5.32 Å². The van der Waals surface area contributed by atoms with Gasteiger partial charge in [-0.05, 0) is 37.3 Å². The molecule has 0 saturated heterocycles. The number of thiophene rings is 1. The predicted molar refractivity (Wildman–Crippen MR) is 71.9 cm³/mol. The molecule has 1 fully saturated rings. The molecule has 1 aromatic heterocycles. The lowest BCUT2D eigenvalue weighted by molar-refractivity contribution is 0.330. The Labute approximate surface area is 103 Å². The molecule has 0 amide bonds. The van der Waals surface area contributed by atoms with Crippen molar-refractivity contribution < 1.29 is 0 Å². The molecule has 0 unspecified atom stereocenters. The average Bonchev–Trinajstić information content (AvgIpc) is 2.84. The quantitative estimate of drug-likeness (QED) is 0.802. The highest BCUT2D eigenvalue weighted by Gasteiger charge is 2.13. The maximum atomic E-state index is 3.64. The van der Waals surface area contributed by atoms with Crippen LogP contribution in [0.25, 0.3) is 0 Å². The number of nitrogens with one attached hydrogen (secondary N) is 1. The van der Waals surface area contributed by atoms with E-state index in [2.05, 4.69) is 29.8 Å². The Kier molecular flexibility index (Phi) is 4.86. The van der Waals surface area contributed by atoms with Crippen LogP contribution in [-0.4, -0.2) is 6.54 Å². The number of hydrogen-bond acceptors (Lipinski definition) is 2. The van der Waals surface area contributed by atoms with Crippen LogP contribution in [0.2, 0.25) is 0 Å². The van der Waals surface area contributed by atoms with Crippen LogP contribution in [0.15, 0.2) is 17.5 Å². The highest BCUT2D eigenvalue weighted by atomic mass is 32.1. The SMILES string of the molecule is C[C@H](NCCC1CCCCC1)c1cccs1. The van der Waals surface area contributed by atoms with Gasteiger partial charge in [-0.1, -0.05) is 38.2 Å². The number of rotatable bonds is 5. The molecule has 1 nitrogen and oxygen atoms in total. The van der Waals surface area contributed by atoms with Gasteiger partial charge in [-0.2, -0.15) is 0 Å². The lowest BCUT2D eigenvalue weighted by Crippen LogP contribution is -2.22. The van der Waals surface area contributed by atoms with E-state index in [0.717, 1.165) is 5.92 Å². The van der Waals surface area contributed by atoms with Gasteiger partial charge in [0, 0.05) is 10.9 Å². The molecule has 0 aromatic carbocycles. The molecular formula is C14H23NS. The van der Waals surface area contributed by atoms with Gasteiger partial charge in [0.15, 0.2) is 0 Å². The van der Waals surface area contributed by atoms with Gasteiger partial charge >= 0.3 is 0 Å². The summed E-state index contributed by atoms with van der Waals surface area (Å²) in [5.74, 6) is 0.997. The third-order valence-electron chi connectivity index (χ3n) is 3.70. The minimum absolute atomic E-state index is 0.531. The molecule has 1 N–H and O–H groups in total. The second-order valence-electron chi connectivity index (χ2n) is 4.98. The van der Waals surface area contributed by atoms with Crippen molar-refractivity contribution in [2.75, 3.05) is 6.54 Å². The molecule has 1 atom stereocenters.